The van der Waals surface area contributed by atoms with Gasteiger partial charge in [-0.3, -0.25) is 9.80 Å². The van der Waals surface area contributed by atoms with E-state index in [1.807, 2.05) is 42.5 Å². The van der Waals surface area contributed by atoms with Gasteiger partial charge in [-0.2, -0.15) is 0 Å². The van der Waals surface area contributed by atoms with Crippen LogP contribution in [0.25, 0.3) is 0 Å². The summed E-state index contributed by atoms with van der Waals surface area (Å²) in [7, 11) is 9.05. The number of hydrogen-bond acceptors (Lipinski definition) is 18. The average molecular weight is 933 g/mol. The summed E-state index contributed by atoms with van der Waals surface area (Å²) < 4.78 is 55.2. The van der Waals surface area contributed by atoms with E-state index in [4.69, 9.17) is 42.6 Å². The first kappa shape index (κ1) is 47.3. The largest absolute Gasteiger partial charge is 0.493 e. The number of benzene rings is 4. The highest BCUT2D eigenvalue weighted by Crippen LogP contribution is 2.52. The van der Waals surface area contributed by atoms with E-state index in [2.05, 4.69) is 36.0 Å². The van der Waals surface area contributed by atoms with Gasteiger partial charge in [-0.05, 0) is 110 Å². The molecule has 0 amide bonds. The molecule has 10 rings (SSSR count). The molecule has 362 valence electrons. The molecule has 2 fully saturated rings. The molecule has 12 atom stereocenters. The van der Waals surface area contributed by atoms with Crippen molar-refractivity contribution in [2.75, 3.05) is 61.7 Å². The van der Waals surface area contributed by atoms with Crippen molar-refractivity contribution in [2.45, 2.75) is 99.2 Å². The van der Waals surface area contributed by atoms with Gasteiger partial charge in [-0.25, -0.2) is 0 Å². The van der Waals surface area contributed by atoms with E-state index in [0.717, 1.165) is 53.7 Å². The fraction of sp³-hybridized carbons (Fsp3) is 0.510. The topological polar surface area (TPSA) is 231 Å². The van der Waals surface area contributed by atoms with Crippen molar-refractivity contribution in [3.05, 3.63) is 94.0 Å². The number of methoxy groups -OCH3 is 3. The molecule has 6 heterocycles. The quantitative estimate of drug-likeness (QED) is 0.128. The van der Waals surface area contributed by atoms with Crippen LogP contribution in [-0.2, 0) is 39.9 Å². The molecule has 4 aromatic carbocycles. The predicted molar refractivity (Wildman–Crippen MR) is 238 cm³/mol. The molecule has 6 aliphatic rings. The number of nitrogens with zero attached hydrogens (tertiary/aromatic N) is 2. The van der Waals surface area contributed by atoms with E-state index in [9.17, 15) is 35.7 Å². The zero-order valence-electron chi connectivity index (χ0n) is 38.1. The second-order valence-electron chi connectivity index (χ2n) is 17.9. The highest BCUT2D eigenvalue weighted by Gasteiger charge is 2.51. The molecule has 0 radical (unpaired) electrons. The van der Waals surface area contributed by atoms with Crippen LogP contribution in [0.2, 0.25) is 0 Å². The van der Waals surface area contributed by atoms with Crippen LogP contribution in [0.5, 0.6) is 46.0 Å². The lowest BCUT2D eigenvalue weighted by Gasteiger charge is -2.45. The van der Waals surface area contributed by atoms with E-state index < -0.39 is 74.6 Å². The second-order valence-corrected chi connectivity index (χ2v) is 17.9. The first-order valence-corrected chi connectivity index (χ1v) is 22.6. The summed E-state index contributed by atoms with van der Waals surface area (Å²) in [4.78, 5) is 4.61. The molecule has 0 aromatic heterocycles. The van der Waals surface area contributed by atoms with Crippen LogP contribution in [0.1, 0.15) is 45.5 Å². The third-order valence-electron chi connectivity index (χ3n) is 13.8. The summed E-state index contributed by atoms with van der Waals surface area (Å²) in [5, 5.41) is 74.1. The first-order valence-electron chi connectivity index (χ1n) is 22.6. The minimum Gasteiger partial charge on any atom is -0.493 e. The number of hydrogen-bond donors (Lipinski definition) is 7. The Balaban J connectivity index is 1.09. The number of aliphatic hydroxyl groups excluding tert-OH is 7. The Labute approximate surface area is 388 Å². The molecule has 7 N–H and O–H groups in total. The summed E-state index contributed by atoms with van der Waals surface area (Å²) in [5.74, 6) is 3.62. The third kappa shape index (κ3) is 9.02. The van der Waals surface area contributed by atoms with Crippen molar-refractivity contribution in [1.29, 1.82) is 0 Å². The van der Waals surface area contributed by atoms with E-state index in [0.29, 0.717) is 47.3 Å². The molecule has 4 aromatic rings. The van der Waals surface area contributed by atoms with Crippen LogP contribution in [0.4, 0.5) is 0 Å². The van der Waals surface area contributed by atoms with Crippen molar-refractivity contribution in [1.82, 2.24) is 9.80 Å². The van der Waals surface area contributed by atoms with Crippen LogP contribution < -0.4 is 28.4 Å². The number of aliphatic hydroxyl groups is 7. The fourth-order valence-corrected chi connectivity index (χ4v) is 9.98. The molecule has 18 heteroatoms. The van der Waals surface area contributed by atoms with E-state index in [1.54, 1.807) is 27.4 Å². The molecular weight excluding hydrogens is 873 g/mol. The monoisotopic (exact) mass is 932 g/mol. The SMILES string of the molecule is COc1cc2c3cc1Oc1c(OC)c(OC)cc4c1[C@@H](Cc1ccc(O[C@@H]5O[C@H](CO)[C@@H](O[C@@H]6O[C@H](CO)[C@@H](O)[C@H](O)[C@H]6O)[C@H](O)[C@H]5O)c(c1)Oc1ccc(cc1)C[C@@H]3N(C)CC2)N(C)CC4. The fourth-order valence-electron chi connectivity index (χ4n) is 9.98. The molecule has 6 bridgehead atoms. The van der Waals surface area contributed by atoms with Gasteiger partial charge in [0.1, 0.15) is 54.6 Å². The maximum absolute atomic E-state index is 11.5. The maximum Gasteiger partial charge on any atom is 0.229 e. The van der Waals surface area contributed by atoms with Gasteiger partial charge in [0.05, 0.1) is 34.5 Å². The van der Waals surface area contributed by atoms with Gasteiger partial charge in [-0.15, -0.1) is 0 Å². The van der Waals surface area contributed by atoms with Crippen molar-refractivity contribution in [3.63, 3.8) is 0 Å². The van der Waals surface area contributed by atoms with Gasteiger partial charge < -0.3 is 78.4 Å². The van der Waals surface area contributed by atoms with E-state index >= 15 is 0 Å². The molecule has 6 aliphatic heterocycles. The highest BCUT2D eigenvalue weighted by atomic mass is 16.7. The Bertz CT molecular complexity index is 2380. The van der Waals surface area contributed by atoms with E-state index in [1.165, 1.54) is 5.56 Å². The summed E-state index contributed by atoms with van der Waals surface area (Å²) in [6.45, 7) is 0.159. The van der Waals surface area contributed by atoms with Gasteiger partial charge in [0, 0.05) is 30.7 Å². The molecule has 0 unspecified atom stereocenters. The smallest absolute Gasteiger partial charge is 0.229 e. The number of likely N-dealkylation sites (N-methyl/N-ethyl adjacent to an activating group) is 2. The van der Waals surface area contributed by atoms with Crippen LogP contribution in [-0.4, -0.2) is 169 Å². The zero-order chi connectivity index (χ0) is 47.3. The first-order chi connectivity index (χ1) is 32.3. The second kappa shape index (κ2) is 19.7. The number of fused-ring (bicyclic) bond motifs is 2. The Morgan fingerprint density at radius 3 is 1.93 bits per heavy atom. The molecule has 18 nitrogen and oxygen atoms in total. The summed E-state index contributed by atoms with van der Waals surface area (Å²) in [6, 6.07) is 19.2. The summed E-state index contributed by atoms with van der Waals surface area (Å²) in [5.41, 5.74) is 6.23. The normalized spacial score (nSPS) is 30.8. The summed E-state index contributed by atoms with van der Waals surface area (Å²) >= 11 is 0. The van der Waals surface area contributed by atoms with Gasteiger partial charge >= 0.3 is 0 Å². The van der Waals surface area contributed by atoms with Crippen molar-refractivity contribution >= 4 is 0 Å². The lowest BCUT2D eigenvalue weighted by Crippen LogP contribution is -2.65. The van der Waals surface area contributed by atoms with Crippen LogP contribution >= 0.6 is 0 Å². The van der Waals surface area contributed by atoms with Gasteiger partial charge in [0.2, 0.25) is 12.0 Å². The summed E-state index contributed by atoms with van der Waals surface area (Å²) in [6.07, 6.45) is -13.4. The Morgan fingerprint density at radius 1 is 0.597 bits per heavy atom. The lowest BCUT2D eigenvalue weighted by atomic mass is 9.87. The number of rotatable bonds is 9. The average Bonchev–Trinajstić information content (AvgIpc) is 3.33. The Hall–Kier alpha value is -4.80. The van der Waals surface area contributed by atoms with Gasteiger partial charge in [0.15, 0.2) is 40.8 Å². The Morgan fingerprint density at radius 2 is 1.22 bits per heavy atom. The van der Waals surface area contributed by atoms with Crippen LogP contribution in [0.3, 0.4) is 0 Å². The maximum atomic E-state index is 11.5. The molecular formula is C49H60N2O16. The highest BCUT2D eigenvalue weighted by molar-refractivity contribution is 5.64. The predicted octanol–water partition coefficient (Wildman–Crippen LogP) is 2.16. The number of ether oxygens (including phenoxy) is 9. The minimum atomic E-state index is -1.80. The van der Waals surface area contributed by atoms with Crippen LogP contribution in [0.15, 0.2) is 60.7 Å². The van der Waals surface area contributed by atoms with Crippen molar-refractivity contribution in [2.24, 2.45) is 0 Å². The third-order valence-corrected chi connectivity index (χ3v) is 13.8. The molecule has 0 saturated carbocycles. The minimum absolute atomic E-state index is 0.0153. The molecule has 67 heavy (non-hydrogen) atoms. The van der Waals surface area contributed by atoms with Crippen molar-refractivity contribution < 1.29 is 78.4 Å². The lowest BCUT2D eigenvalue weighted by molar-refractivity contribution is -0.352. The standard InChI is InChI=1S/C49H60N2O16/c1-50-14-12-26-19-33(59-3)35-21-29(26)30(50)16-24-6-9-28(10-7-24)62-34-18-25(17-31-39-27(13-15-51(31)2)20-36(60-4)46(61-5)47(39)63-35)8-11-32(34)64-48-44(58)42(56)45(38(23-53)66-48)67-49-43(57)41(55)40(54)37(22-52)65-49/h6-11,18-21,30-31,37-38,40-45,48-49,52-58H,12-17,22-23H2,1-5H3/t30-,31+,37+,38+,40+,41-,42+,43+,44+,45+,48+,49-/m0/s1. The molecule has 0 aliphatic carbocycles. The van der Waals surface area contributed by atoms with E-state index in [-0.39, 0.29) is 23.6 Å². The Kier molecular flexibility index (Phi) is 13.9. The molecule has 0 spiro atoms. The van der Waals surface area contributed by atoms with Crippen LogP contribution in [0, 0.1) is 0 Å². The van der Waals surface area contributed by atoms with Gasteiger partial charge in [0.25, 0.3) is 0 Å². The zero-order valence-corrected chi connectivity index (χ0v) is 38.1. The molecule has 2 saturated heterocycles. The van der Waals surface area contributed by atoms with Gasteiger partial charge in [-0.1, -0.05) is 18.2 Å². The van der Waals surface area contributed by atoms with Crippen molar-refractivity contribution in [3.8, 4) is 46.0 Å².